The van der Waals surface area contributed by atoms with Gasteiger partial charge in [-0.1, -0.05) is 17.7 Å². The molecule has 0 N–H and O–H groups in total. The number of hydrogen-bond donors (Lipinski definition) is 0. The van der Waals surface area contributed by atoms with Crippen LogP contribution in [0.1, 0.15) is 5.82 Å². The predicted molar refractivity (Wildman–Crippen MR) is 39.7 cm³/mol. The highest BCUT2D eigenvalue weighted by molar-refractivity contribution is 6.25. The monoisotopic (exact) mass is 168 g/mol. The zero-order valence-electron chi connectivity index (χ0n) is 5.61. The molecule has 0 saturated carbocycles. The minimum Gasteiger partial charge on any atom is -0.301 e. The molecule has 5 heteroatoms. The van der Waals surface area contributed by atoms with Crippen molar-refractivity contribution in [3.05, 3.63) is 23.8 Å². The lowest BCUT2D eigenvalue weighted by molar-refractivity contribution is 0.802. The van der Waals surface area contributed by atoms with Crippen molar-refractivity contribution in [2.24, 2.45) is 0 Å². The molecule has 0 amide bonds. The molecule has 1 aromatic rings. The Hall–Kier alpha value is -1.34. The van der Waals surface area contributed by atoms with E-state index >= 15 is 0 Å². The molecule has 0 aliphatic heterocycles. The summed E-state index contributed by atoms with van der Waals surface area (Å²) in [6, 6.07) is 1.90. The van der Waals surface area contributed by atoms with Crippen LogP contribution < -0.4 is 0 Å². The van der Waals surface area contributed by atoms with Gasteiger partial charge in [0.2, 0.25) is 5.82 Å². The predicted octanol–water partition coefficient (Wildman–Crippen LogP) is 0.902. The van der Waals surface area contributed by atoms with Crippen LogP contribution >= 0.6 is 11.6 Å². The van der Waals surface area contributed by atoms with Crippen molar-refractivity contribution in [3.63, 3.8) is 0 Å². The minimum absolute atomic E-state index is 0.291. The lowest BCUT2D eigenvalue weighted by atomic mass is 10.5. The summed E-state index contributed by atoms with van der Waals surface area (Å²) in [7, 11) is 0. The van der Waals surface area contributed by atoms with Gasteiger partial charge >= 0.3 is 0 Å². The number of aromatic nitrogens is 3. The van der Waals surface area contributed by atoms with Crippen LogP contribution in [-0.2, 0) is 6.54 Å². The summed E-state index contributed by atoms with van der Waals surface area (Å²) in [5, 5.41) is 15.6. The molecule has 1 heterocycles. The van der Waals surface area contributed by atoms with Gasteiger partial charge in [0.05, 0.1) is 0 Å². The average Bonchev–Trinajstić information content (AvgIpc) is 2.47. The standard InChI is InChI=1S/C6H5ClN4/c7-2-1-3-11-5-9-10-6(11)4-8/h1-2,5H,3H2/b2-1+. The largest absolute Gasteiger partial charge is 0.301 e. The first-order valence-corrected chi connectivity index (χ1v) is 3.35. The first-order valence-electron chi connectivity index (χ1n) is 2.91. The van der Waals surface area contributed by atoms with Crippen molar-refractivity contribution in [3.8, 4) is 6.07 Å². The summed E-state index contributed by atoms with van der Waals surface area (Å²) in [5.41, 5.74) is 1.39. The lowest BCUT2D eigenvalue weighted by Crippen LogP contribution is -1.96. The van der Waals surface area contributed by atoms with E-state index < -0.39 is 0 Å². The second-order valence-corrected chi connectivity index (χ2v) is 2.03. The zero-order valence-corrected chi connectivity index (χ0v) is 6.36. The maximum absolute atomic E-state index is 8.48. The van der Waals surface area contributed by atoms with Crippen molar-refractivity contribution in [2.45, 2.75) is 6.54 Å². The van der Waals surface area contributed by atoms with Gasteiger partial charge in [-0.05, 0) is 0 Å². The number of halogens is 1. The molecule has 0 fully saturated rings. The smallest absolute Gasteiger partial charge is 0.235 e. The van der Waals surface area contributed by atoms with E-state index in [9.17, 15) is 0 Å². The molecule has 0 saturated heterocycles. The second kappa shape index (κ2) is 3.74. The zero-order chi connectivity index (χ0) is 8.10. The van der Waals surface area contributed by atoms with E-state index in [0.29, 0.717) is 12.4 Å². The summed E-state index contributed by atoms with van der Waals surface area (Å²) in [5.74, 6) is 0.291. The highest BCUT2D eigenvalue weighted by atomic mass is 35.5. The number of nitrogens with zero attached hydrogens (tertiary/aromatic N) is 4. The fraction of sp³-hybridized carbons (Fsp3) is 0.167. The van der Waals surface area contributed by atoms with Crippen molar-refractivity contribution in [1.82, 2.24) is 14.8 Å². The van der Waals surface area contributed by atoms with E-state index in [2.05, 4.69) is 10.2 Å². The van der Waals surface area contributed by atoms with Gasteiger partial charge in [-0.2, -0.15) is 5.26 Å². The Morgan fingerprint density at radius 3 is 3.27 bits per heavy atom. The third kappa shape index (κ3) is 1.79. The third-order valence-corrected chi connectivity index (χ3v) is 1.28. The van der Waals surface area contributed by atoms with Gasteiger partial charge < -0.3 is 4.57 Å². The van der Waals surface area contributed by atoms with Crippen LogP contribution in [0.5, 0.6) is 0 Å². The van der Waals surface area contributed by atoms with Gasteiger partial charge in [0.25, 0.3) is 0 Å². The van der Waals surface area contributed by atoms with Crippen LogP contribution in [0.2, 0.25) is 0 Å². The van der Waals surface area contributed by atoms with Crippen LogP contribution in [0.4, 0.5) is 0 Å². The normalized spacial score (nSPS) is 10.2. The van der Waals surface area contributed by atoms with E-state index in [1.165, 1.54) is 11.9 Å². The molecule has 0 radical (unpaired) electrons. The summed E-state index contributed by atoms with van der Waals surface area (Å²) < 4.78 is 1.60. The van der Waals surface area contributed by atoms with Crippen LogP contribution in [0.25, 0.3) is 0 Å². The molecule has 11 heavy (non-hydrogen) atoms. The second-order valence-electron chi connectivity index (χ2n) is 1.78. The van der Waals surface area contributed by atoms with Crippen molar-refractivity contribution in [1.29, 1.82) is 5.26 Å². The minimum atomic E-state index is 0.291. The third-order valence-electron chi connectivity index (χ3n) is 1.11. The maximum Gasteiger partial charge on any atom is 0.235 e. The fourth-order valence-corrected chi connectivity index (χ4v) is 0.708. The van der Waals surface area contributed by atoms with Crippen molar-refractivity contribution < 1.29 is 0 Å². The molecule has 0 atom stereocenters. The number of allylic oxidation sites excluding steroid dienone is 1. The van der Waals surface area contributed by atoms with Crippen molar-refractivity contribution in [2.75, 3.05) is 0 Å². The highest BCUT2D eigenvalue weighted by Gasteiger charge is 1.98. The molecule has 0 aliphatic rings. The van der Waals surface area contributed by atoms with Crippen LogP contribution in [0, 0.1) is 11.3 Å². The number of hydrogen-bond acceptors (Lipinski definition) is 3. The molecular weight excluding hydrogens is 164 g/mol. The molecule has 0 unspecified atom stereocenters. The molecule has 4 nitrogen and oxygen atoms in total. The fourth-order valence-electron chi connectivity index (χ4n) is 0.629. The first-order chi connectivity index (χ1) is 5.38. The molecule has 1 rings (SSSR count). The lowest BCUT2D eigenvalue weighted by Gasteiger charge is -1.93. The Bertz CT molecular complexity index is 296. The van der Waals surface area contributed by atoms with E-state index in [1.807, 2.05) is 6.07 Å². The van der Waals surface area contributed by atoms with Crippen LogP contribution in [-0.4, -0.2) is 14.8 Å². The Labute approximate surface area is 68.7 Å². The number of rotatable bonds is 2. The molecule has 0 bridgehead atoms. The van der Waals surface area contributed by atoms with Crippen molar-refractivity contribution >= 4 is 11.6 Å². The Morgan fingerprint density at radius 2 is 2.64 bits per heavy atom. The van der Waals surface area contributed by atoms with Gasteiger partial charge in [-0.3, -0.25) is 0 Å². The summed E-state index contributed by atoms with van der Waals surface area (Å²) in [6.07, 6.45) is 3.18. The summed E-state index contributed by atoms with van der Waals surface area (Å²) >= 11 is 5.30. The first kappa shape index (κ1) is 7.76. The summed E-state index contributed by atoms with van der Waals surface area (Å²) in [6.45, 7) is 0.527. The Kier molecular flexibility index (Phi) is 2.64. The molecule has 1 aromatic heterocycles. The van der Waals surface area contributed by atoms with Gasteiger partial charge in [0, 0.05) is 12.1 Å². The molecule has 0 aliphatic carbocycles. The SMILES string of the molecule is N#Cc1nncn1C/C=C/Cl. The molecular formula is C6H5ClN4. The van der Waals surface area contributed by atoms with Crippen LogP contribution in [0.3, 0.4) is 0 Å². The van der Waals surface area contributed by atoms with E-state index in [0.717, 1.165) is 0 Å². The maximum atomic E-state index is 8.48. The van der Waals surface area contributed by atoms with Gasteiger partial charge in [0.1, 0.15) is 12.4 Å². The number of nitriles is 1. The van der Waals surface area contributed by atoms with Gasteiger partial charge in [0.15, 0.2) is 0 Å². The van der Waals surface area contributed by atoms with E-state index in [4.69, 9.17) is 16.9 Å². The molecule has 56 valence electrons. The molecule has 0 aromatic carbocycles. The van der Waals surface area contributed by atoms with Crippen LogP contribution in [0.15, 0.2) is 17.9 Å². The average molecular weight is 169 g/mol. The quantitative estimate of drug-likeness (QED) is 0.660. The Morgan fingerprint density at radius 1 is 1.82 bits per heavy atom. The highest BCUT2D eigenvalue weighted by Crippen LogP contribution is 1.93. The van der Waals surface area contributed by atoms with Gasteiger partial charge in [-0.15, -0.1) is 10.2 Å². The Balaban J connectivity index is 2.78. The topological polar surface area (TPSA) is 54.5 Å². The van der Waals surface area contributed by atoms with E-state index in [-0.39, 0.29) is 0 Å². The summed E-state index contributed by atoms with van der Waals surface area (Å²) in [4.78, 5) is 0. The van der Waals surface area contributed by atoms with Gasteiger partial charge in [-0.25, -0.2) is 0 Å². The van der Waals surface area contributed by atoms with E-state index in [1.54, 1.807) is 10.6 Å². The molecule has 0 spiro atoms.